The summed E-state index contributed by atoms with van der Waals surface area (Å²) in [5.74, 6) is -0.228. The standard InChI is InChI=1S/C18H21ClFN/c1-21-17(9-5-8-14-6-3-2-4-7-14)13-15-12-16(20)10-11-18(15)19/h2-4,6-7,10-12,17,21H,5,8-9,13H2,1H3. The lowest BCUT2D eigenvalue weighted by Gasteiger charge is -2.17. The van der Waals surface area contributed by atoms with Crippen LogP contribution in [0.15, 0.2) is 48.5 Å². The molecule has 1 nitrogen and oxygen atoms in total. The molecule has 112 valence electrons. The first-order valence-electron chi connectivity index (χ1n) is 7.34. The predicted molar refractivity (Wildman–Crippen MR) is 87.3 cm³/mol. The fourth-order valence-electron chi connectivity index (χ4n) is 2.51. The van der Waals surface area contributed by atoms with E-state index in [1.165, 1.54) is 17.7 Å². The first-order chi connectivity index (χ1) is 10.2. The largest absolute Gasteiger partial charge is 0.317 e. The number of hydrogen-bond acceptors (Lipinski definition) is 1. The zero-order chi connectivity index (χ0) is 15.1. The second-order valence-corrected chi connectivity index (χ2v) is 5.71. The molecule has 2 aromatic carbocycles. The average molecular weight is 306 g/mol. The van der Waals surface area contributed by atoms with Crippen molar-refractivity contribution in [3.63, 3.8) is 0 Å². The van der Waals surface area contributed by atoms with Gasteiger partial charge in [0, 0.05) is 11.1 Å². The van der Waals surface area contributed by atoms with E-state index in [4.69, 9.17) is 11.6 Å². The van der Waals surface area contributed by atoms with E-state index in [9.17, 15) is 4.39 Å². The third-order valence-corrected chi connectivity index (χ3v) is 4.11. The fourth-order valence-corrected chi connectivity index (χ4v) is 2.71. The van der Waals surface area contributed by atoms with Gasteiger partial charge >= 0.3 is 0 Å². The number of rotatable bonds is 7. The Morgan fingerprint density at radius 1 is 1.14 bits per heavy atom. The molecule has 0 saturated carbocycles. The van der Waals surface area contributed by atoms with Crippen molar-refractivity contribution < 1.29 is 4.39 Å². The maximum absolute atomic E-state index is 13.3. The van der Waals surface area contributed by atoms with Crippen LogP contribution in [-0.2, 0) is 12.8 Å². The van der Waals surface area contributed by atoms with E-state index in [1.54, 1.807) is 6.07 Å². The Labute approximate surface area is 131 Å². The van der Waals surface area contributed by atoms with Gasteiger partial charge in [0.25, 0.3) is 0 Å². The summed E-state index contributed by atoms with van der Waals surface area (Å²) in [6.45, 7) is 0. The van der Waals surface area contributed by atoms with Gasteiger partial charge in [-0.05, 0) is 62.1 Å². The Morgan fingerprint density at radius 2 is 1.90 bits per heavy atom. The SMILES string of the molecule is CNC(CCCc1ccccc1)Cc1cc(F)ccc1Cl. The van der Waals surface area contributed by atoms with E-state index in [0.29, 0.717) is 11.1 Å². The van der Waals surface area contributed by atoms with Crippen molar-refractivity contribution in [2.75, 3.05) is 7.05 Å². The van der Waals surface area contributed by atoms with Crippen LogP contribution in [0.1, 0.15) is 24.0 Å². The molecule has 0 fully saturated rings. The number of halogens is 2. The topological polar surface area (TPSA) is 12.0 Å². The second-order valence-electron chi connectivity index (χ2n) is 5.30. The summed E-state index contributed by atoms with van der Waals surface area (Å²) in [6, 6.07) is 15.3. The van der Waals surface area contributed by atoms with E-state index >= 15 is 0 Å². The van der Waals surface area contributed by atoms with Gasteiger partial charge in [-0.1, -0.05) is 41.9 Å². The number of aryl methyl sites for hydroxylation is 1. The average Bonchev–Trinajstić information content (AvgIpc) is 2.51. The molecule has 0 bridgehead atoms. The highest BCUT2D eigenvalue weighted by Crippen LogP contribution is 2.20. The molecular weight excluding hydrogens is 285 g/mol. The number of hydrogen-bond donors (Lipinski definition) is 1. The van der Waals surface area contributed by atoms with Crippen LogP contribution in [-0.4, -0.2) is 13.1 Å². The van der Waals surface area contributed by atoms with Crippen molar-refractivity contribution in [3.8, 4) is 0 Å². The smallest absolute Gasteiger partial charge is 0.123 e. The van der Waals surface area contributed by atoms with Crippen LogP contribution < -0.4 is 5.32 Å². The maximum Gasteiger partial charge on any atom is 0.123 e. The second kappa shape index (κ2) is 8.16. The lowest BCUT2D eigenvalue weighted by molar-refractivity contribution is 0.500. The third-order valence-electron chi connectivity index (χ3n) is 3.74. The van der Waals surface area contributed by atoms with Gasteiger partial charge in [-0.15, -0.1) is 0 Å². The number of likely N-dealkylation sites (N-methyl/N-ethyl adjacent to an activating group) is 1. The van der Waals surface area contributed by atoms with E-state index in [0.717, 1.165) is 31.2 Å². The highest BCUT2D eigenvalue weighted by Gasteiger charge is 2.10. The van der Waals surface area contributed by atoms with Gasteiger partial charge < -0.3 is 5.32 Å². The molecule has 0 radical (unpaired) electrons. The molecule has 2 rings (SSSR count). The molecule has 0 heterocycles. The van der Waals surface area contributed by atoms with E-state index in [2.05, 4.69) is 29.6 Å². The normalized spacial score (nSPS) is 12.3. The van der Waals surface area contributed by atoms with Crippen molar-refractivity contribution in [2.24, 2.45) is 0 Å². The molecule has 0 saturated heterocycles. The molecule has 0 aliphatic rings. The molecular formula is C18H21ClFN. The van der Waals surface area contributed by atoms with Gasteiger partial charge in [-0.2, -0.15) is 0 Å². The first-order valence-corrected chi connectivity index (χ1v) is 7.72. The van der Waals surface area contributed by atoms with Crippen LogP contribution in [0.3, 0.4) is 0 Å². The van der Waals surface area contributed by atoms with Gasteiger partial charge in [0.05, 0.1) is 0 Å². The monoisotopic (exact) mass is 305 g/mol. The Bertz CT molecular complexity index is 556. The molecule has 1 unspecified atom stereocenters. The predicted octanol–water partition coefficient (Wildman–Crippen LogP) is 4.63. The van der Waals surface area contributed by atoms with Crippen LogP contribution >= 0.6 is 11.6 Å². The first kappa shape index (κ1) is 16.0. The quantitative estimate of drug-likeness (QED) is 0.786. The molecule has 0 aliphatic carbocycles. The Hall–Kier alpha value is -1.38. The Kier molecular flexibility index (Phi) is 6.21. The van der Waals surface area contributed by atoms with Crippen LogP contribution in [0.4, 0.5) is 4.39 Å². The van der Waals surface area contributed by atoms with E-state index in [-0.39, 0.29) is 5.82 Å². The van der Waals surface area contributed by atoms with Crippen molar-refractivity contribution in [1.29, 1.82) is 0 Å². The highest BCUT2D eigenvalue weighted by molar-refractivity contribution is 6.31. The van der Waals surface area contributed by atoms with Crippen LogP contribution in [0.5, 0.6) is 0 Å². The number of benzene rings is 2. The summed E-state index contributed by atoms with van der Waals surface area (Å²) in [6.07, 6.45) is 3.96. The van der Waals surface area contributed by atoms with Crippen LogP contribution in [0, 0.1) is 5.82 Å². The summed E-state index contributed by atoms with van der Waals surface area (Å²) < 4.78 is 13.3. The van der Waals surface area contributed by atoms with E-state index in [1.807, 2.05) is 13.1 Å². The van der Waals surface area contributed by atoms with Crippen molar-refractivity contribution in [3.05, 3.63) is 70.5 Å². The fraction of sp³-hybridized carbons (Fsp3) is 0.333. The molecule has 0 amide bonds. The summed E-state index contributed by atoms with van der Waals surface area (Å²) in [5, 5.41) is 3.94. The minimum absolute atomic E-state index is 0.228. The van der Waals surface area contributed by atoms with Gasteiger partial charge in [-0.25, -0.2) is 4.39 Å². The van der Waals surface area contributed by atoms with Gasteiger partial charge in [0.15, 0.2) is 0 Å². The van der Waals surface area contributed by atoms with Crippen molar-refractivity contribution in [1.82, 2.24) is 5.32 Å². The Morgan fingerprint density at radius 3 is 2.62 bits per heavy atom. The minimum atomic E-state index is -0.228. The Balaban J connectivity index is 1.87. The lowest BCUT2D eigenvalue weighted by Crippen LogP contribution is -2.27. The molecule has 3 heteroatoms. The minimum Gasteiger partial charge on any atom is -0.317 e. The van der Waals surface area contributed by atoms with E-state index < -0.39 is 0 Å². The highest BCUT2D eigenvalue weighted by atomic mass is 35.5. The molecule has 1 atom stereocenters. The zero-order valence-corrected chi connectivity index (χ0v) is 13.0. The zero-order valence-electron chi connectivity index (χ0n) is 12.3. The van der Waals surface area contributed by atoms with Crippen LogP contribution in [0.2, 0.25) is 5.02 Å². The van der Waals surface area contributed by atoms with Gasteiger partial charge in [-0.3, -0.25) is 0 Å². The molecule has 0 aromatic heterocycles. The summed E-state index contributed by atoms with van der Waals surface area (Å²) in [5.41, 5.74) is 2.23. The van der Waals surface area contributed by atoms with Crippen molar-refractivity contribution >= 4 is 11.6 Å². The summed E-state index contributed by atoms with van der Waals surface area (Å²) in [7, 11) is 1.94. The van der Waals surface area contributed by atoms with Crippen LogP contribution in [0.25, 0.3) is 0 Å². The maximum atomic E-state index is 13.3. The molecule has 1 N–H and O–H groups in total. The van der Waals surface area contributed by atoms with Crippen molar-refractivity contribution in [2.45, 2.75) is 31.7 Å². The molecule has 0 aliphatic heterocycles. The third kappa shape index (κ3) is 5.14. The lowest BCUT2D eigenvalue weighted by atomic mass is 9.99. The number of nitrogens with one attached hydrogen (secondary N) is 1. The summed E-state index contributed by atoms with van der Waals surface area (Å²) >= 11 is 6.13. The van der Waals surface area contributed by atoms with Gasteiger partial charge in [0.1, 0.15) is 5.82 Å². The van der Waals surface area contributed by atoms with Gasteiger partial charge in [0.2, 0.25) is 0 Å². The molecule has 0 spiro atoms. The molecule has 21 heavy (non-hydrogen) atoms. The molecule has 2 aromatic rings. The summed E-state index contributed by atoms with van der Waals surface area (Å²) in [4.78, 5) is 0.